The molecular formula is C25H31N3O3. The van der Waals surface area contributed by atoms with Crippen LogP contribution in [-0.2, 0) is 15.1 Å². The van der Waals surface area contributed by atoms with Crippen molar-refractivity contribution in [1.82, 2.24) is 14.5 Å². The second-order valence-electron chi connectivity index (χ2n) is 9.09. The normalized spacial score (nSPS) is 23.4. The van der Waals surface area contributed by atoms with E-state index in [1.54, 1.807) is 0 Å². The third-order valence-electron chi connectivity index (χ3n) is 6.76. The number of H-pyrrole nitrogens is 1. The van der Waals surface area contributed by atoms with E-state index < -0.39 is 5.60 Å². The van der Waals surface area contributed by atoms with Crippen LogP contribution < -0.4 is 5.69 Å². The van der Waals surface area contributed by atoms with Crippen LogP contribution in [0.1, 0.15) is 35.6 Å². The first-order valence-corrected chi connectivity index (χ1v) is 11.3. The molecule has 5 rings (SSSR count). The molecule has 1 aromatic heterocycles. The van der Waals surface area contributed by atoms with Crippen molar-refractivity contribution in [2.24, 2.45) is 0 Å². The first-order valence-electron chi connectivity index (χ1n) is 11.3. The van der Waals surface area contributed by atoms with Crippen molar-refractivity contribution >= 4 is 11.0 Å². The molecule has 3 heterocycles. The highest BCUT2D eigenvalue weighted by Crippen LogP contribution is 2.33. The summed E-state index contributed by atoms with van der Waals surface area (Å²) in [4.78, 5) is 18.2. The van der Waals surface area contributed by atoms with Gasteiger partial charge in [-0.15, -0.1) is 0 Å². The molecule has 2 saturated heterocycles. The van der Waals surface area contributed by atoms with E-state index in [4.69, 9.17) is 9.47 Å². The lowest BCUT2D eigenvalue weighted by Crippen LogP contribution is -2.51. The van der Waals surface area contributed by atoms with Crippen LogP contribution in [0.4, 0.5) is 0 Å². The second kappa shape index (κ2) is 8.26. The molecule has 3 aromatic rings. The highest BCUT2D eigenvalue weighted by atomic mass is 16.6. The first-order chi connectivity index (χ1) is 15.0. The van der Waals surface area contributed by atoms with Gasteiger partial charge in [0.15, 0.2) is 0 Å². The number of nitrogens with one attached hydrogen (secondary N) is 1. The fourth-order valence-corrected chi connectivity index (χ4v) is 5.16. The number of benzene rings is 2. The number of fused-ring (bicyclic) bond motifs is 1. The number of aromatic amines is 1. The fraction of sp³-hybridized carbons (Fsp3) is 0.480. The van der Waals surface area contributed by atoms with Gasteiger partial charge < -0.3 is 14.5 Å². The highest BCUT2D eigenvalue weighted by molar-refractivity contribution is 5.76. The third kappa shape index (κ3) is 3.95. The second-order valence-corrected chi connectivity index (χ2v) is 9.09. The van der Waals surface area contributed by atoms with Crippen LogP contribution >= 0.6 is 0 Å². The molecule has 0 spiro atoms. The lowest BCUT2D eigenvalue weighted by Gasteiger charge is -2.43. The Labute approximate surface area is 182 Å². The minimum absolute atomic E-state index is 0.000653. The van der Waals surface area contributed by atoms with Gasteiger partial charge >= 0.3 is 5.69 Å². The number of piperidine rings is 1. The van der Waals surface area contributed by atoms with Crippen molar-refractivity contribution in [3.63, 3.8) is 0 Å². The van der Waals surface area contributed by atoms with Crippen LogP contribution in [0.2, 0.25) is 0 Å². The summed E-state index contributed by atoms with van der Waals surface area (Å²) in [6, 6.07) is 15.0. The van der Waals surface area contributed by atoms with Gasteiger partial charge in [-0.1, -0.05) is 35.9 Å². The summed E-state index contributed by atoms with van der Waals surface area (Å²) >= 11 is 0. The number of rotatable bonds is 4. The predicted octanol–water partition coefficient (Wildman–Crippen LogP) is 3.53. The molecule has 2 aliphatic rings. The lowest BCUT2D eigenvalue weighted by atomic mass is 9.90. The number of hydrogen-bond acceptors (Lipinski definition) is 4. The van der Waals surface area contributed by atoms with Crippen LogP contribution in [0.25, 0.3) is 11.0 Å². The van der Waals surface area contributed by atoms with Gasteiger partial charge in [-0.05, 0) is 49.9 Å². The van der Waals surface area contributed by atoms with Crippen LogP contribution in [0.15, 0.2) is 47.3 Å². The summed E-state index contributed by atoms with van der Waals surface area (Å²) in [6.07, 6.45) is 1.90. The Balaban J connectivity index is 1.33. The van der Waals surface area contributed by atoms with Gasteiger partial charge in [0.25, 0.3) is 0 Å². The van der Waals surface area contributed by atoms with Crippen molar-refractivity contribution in [2.75, 3.05) is 39.5 Å². The molecule has 1 N–H and O–H groups in total. The molecular weight excluding hydrogens is 390 g/mol. The van der Waals surface area contributed by atoms with E-state index >= 15 is 0 Å². The number of hydrogen-bond donors (Lipinski definition) is 1. The molecule has 1 unspecified atom stereocenters. The van der Waals surface area contributed by atoms with Crippen molar-refractivity contribution in [1.29, 1.82) is 0 Å². The van der Waals surface area contributed by atoms with Crippen molar-refractivity contribution in [3.05, 3.63) is 69.6 Å². The molecule has 2 fully saturated rings. The molecule has 6 heteroatoms. The topological polar surface area (TPSA) is 59.5 Å². The average molecular weight is 422 g/mol. The van der Waals surface area contributed by atoms with E-state index in [9.17, 15) is 4.79 Å². The van der Waals surface area contributed by atoms with Crippen molar-refractivity contribution in [2.45, 2.75) is 38.3 Å². The zero-order chi connectivity index (χ0) is 21.4. The monoisotopic (exact) mass is 421 g/mol. The Morgan fingerprint density at radius 2 is 1.87 bits per heavy atom. The largest absolute Gasteiger partial charge is 0.376 e. The zero-order valence-electron chi connectivity index (χ0n) is 18.4. The highest BCUT2D eigenvalue weighted by Gasteiger charge is 2.39. The first kappa shape index (κ1) is 20.5. The molecule has 0 aliphatic carbocycles. The Morgan fingerprint density at radius 3 is 2.61 bits per heavy atom. The molecule has 0 amide bonds. The number of likely N-dealkylation sites (tertiary alicyclic amines) is 1. The molecule has 6 nitrogen and oxygen atoms in total. The van der Waals surface area contributed by atoms with Gasteiger partial charge in [-0.3, -0.25) is 9.47 Å². The van der Waals surface area contributed by atoms with E-state index in [1.807, 2.05) is 10.6 Å². The SMILES string of the molecule is Cc1cccc(C2(CN3CCC(n4c(=O)[nH]c5cc(C)ccc54)CC3)COCCO2)c1. The number of imidazole rings is 1. The summed E-state index contributed by atoms with van der Waals surface area (Å²) in [7, 11) is 0. The van der Waals surface area contributed by atoms with Crippen LogP contribution in [-0.4, -0.2) is 53.9 Å². The molecule has 2 aliphatic heterocycles. The van der Waals surface area contributed by atoms with Crippen molar-refractivity contribution < 1.29 is 9.47 Å². The molecule has 164 valence electrons. The minimum atomic E-state index is -0.424. The number of aromatic nitrogens is 2. The smallest absolute Gasteiger partial charge is 0.326 e. The van der Waals surface area contributed by atoms with Gasteiger partial charge in [0.05, 0.1) is 30.9 Å². The van der Waals surface area contributed by atoms with E-state index in [0.717, 1.165) is 49.1 Å². The maximum absolute atomic E-state index is 12.7. The summed E-state index contributed by atoms with van der Waals surface area (Å²) < 4.78 is 14.2. The summed E-state index contributed by atoms with van der Waals surface area (Å²) in [5.74, 6) is 0. The standard InChI is InChI=1S/C25H31N3O3/c1-18-4-3-5-20(14-18)25(17-30-12-13-31-25)16-27-10-8-21(9-11-27)28-23-7-6-19(2)15-22(23)26-24(28)29/h3-7,14-15,21H,8-13,16-17H2,1-2H3,(H,26,29). The summed E-state index contributed by atoms with van der Waals surface area (Å²) in [6.45, 7) is 8.70. The average Bonchev–Trinajstić information content (AvgIpc) is 3.10. The molecule has 2 aromatic carbocycles. The molecule has 0 radical (unpaired) electrons. The van der Waals surface area contributed by atoms with Crippen molar-refractivity contribution in [3.8, 4) is 0 Å². The van der Waals surface area contributed by atoms with Gasteiger partial charge in [0.2, 0.25) is 0 Å². The van der Waals surface area contributed by atoms with Gasteiger partial charge in [0.1, 0.15) is 5.60 Å². The molecule has 31 heavy (non-hydrogen) atoms. The van der Waals surface area contributed by atoms with Gasteiger partial charge in [-0.2, -0.15) is 0 Å². The quantitative estimate of drug-likeness (QED) is 0.700. The molecule has 0 saturated carbocycles. The van der Waals surface area contributed by atoms with E-state index in [1.165, 1.54) is 11.1 Å². The third-order valence-corrected chi connectivity index (χ3v) is 6.76. The maximum Gasteiger partial charge on any atom is 0.326 e. The molecule has 0 bridgehead atoms. The predicted molar refractivity (Wildman–Crippen MR) is 122 cm³/mol. The van der Waals surface area contributed by atoms with Crippen LogP contribution in [0.5, 0.6) is 0 Å². The summed E-state index contributed by atoms with van der Waals surface area (Å²) in [5.41, 5.74) is 5.10. The zero-order valence-corrected chi connectivity index (χ0v) is 18.4. The number of aryl methyl sites for hydroxylation is 2. The van der Waals surface area contributed by atoms with E-state index in [2.05, 4.69) is 60.1 Å². The van der Waals surface area contributed by atoms with E-state index in [0.29, 0.717) is 19.8 Å². The van der Waals surface area contributed by atoms with Crippen LogP contribution in [0, 0.1) is 13.8 Å². The molecule has 1 atom stereocenters. The van der Waals surface area contributed by atoms with Gasteiger partial charge in [0, 0.05) is 25.7 Å². The lowest BCUT2D eigenvalue weighted by molar-refractivity contribution is -0.173. The fourth-order valence-electron chi connectivity index (χ4n) is 5.16. The van der Waals surface area contributed by atoms with E-state index in [-0.39, 0.29) is 11.7 Å². The Morgan fingerprint density at radius 1 is 1.06 bits per heavy atom. The number of ether oxygens (including phenoxy) is 2. The van der Waals surface area contributed by atoms with Gasteiger partial charge in [-0.25, -0.2) is 4.79 Å². The minimum Gasteiger partial charge on any atom is -0.376 e. The van der Waals surface area contributed by atoms with Crippen LogP contribution in [0.3, 0.4) is 0 Å². The Hall–Kier alpha value is -2.41. The maximum atomic E-state index is 12.7. The summed E-state index contributed by atoms with van der Waals surface area (Å²) in [5, 5.41) is 0. The number of nitrogens with zero attached hydrogens (tertiary/aromatic N) is 2. The Bertz CT molecular complexity index is 1120. The Kier molecular flexibility index (Phi) is 5.46.